The predicted octanol–water partition coefficient (Wildman–Crippen LogP) is 0.987. The van der Waals surface area contributed by atoms with Crippen molar-refractivity contribution in [2.24, 2.45) is 0 Å². The monoisotopic (exact) mass is 323 g/mol. The van der Waals surface area contributed by atoms with Crippen LogP contribution in [0.25, 0.3) is 11.1 Å². The zero-order chi connectivity index (χ0) is 17.4. The van der Waals surface area contributed by atoms with E-state index in [1.54, 1.807) is 18.2 Å². The van der Waals surface area contributed by atoms with E-state index in [1.165, 1.54) is 0 Å². The molecule has 0 fully saturated rings. The third kappa shape index (κ3) is 4.78. The van der Waals surface area contributed by atoms with E-state index in [-0.39, 0.29) is 6.54 Å². The molecule has 3 N–H and O–H groups in total. The quantitative estimate of drug-likeness (QED) is 0.566. The van der Waals surface area contributed by atoms with Crippen LogP contribution in [0.5, 0.6) is 0 Å². The molecule has 2 rings (SSSR count). The van der Waals surface area contributed by atoms with Crippen LogP contribution < -0.4 is 5.32 Å². The molecule has 5 nitrogen and oxygen atoms in total. The summed E-state index contributed by atoms with van der Waals surface area (Å²) in [7, 11) is 0. The van der Waals surface area contributed by atoms with Crippen molar-refractivity contribution in [3.05, 3.63) is 59.7 Å². The van der Waals surface area contributed by atoms with Gasteiger partial charge in [0.1, 0.15) is 0 Å². The fourth-order valence-corrected chi connectivity index (χ4v) is 2.07. The molecule has 0 radical (unpaired) electrons. The highest BCUT2D eigenvalue weighted by molar-refractivity contribution is 5.94. The van der Waals surface area contributed by atoms with Crippen LogP contribution in [-0.4, -0.2) is 41.7 Å². The van der Waals surface area contributed by atoms with Crippen molar-refractivity contribution in [2.75, 3.05) is 13.2 Å². The normalized spacial score (nSPS) is 11.1. The second-order valence-corrected chi connectivity index (χ2v) is 5.08. The molecule has 1 amide bonds. The molecule has 122 valence electrons. The first-order valence-corrected chi connectivity index (χ1v) is 7.37. The van der Waals surface area contributed by atoms with E-state index in [9.17, 15) is 9.59 Å². The SMILES string of the molecule is O=Cc1cc(C#CC(=O)NC[C@H](O)CO)ccc1-c1ccccc1. The van der Waals surface area contributed by atoms with Gasteiger partial charge in [0.05, 0.1) is 12.7 Å². The van der Waals surface area contributed by atoms with Crippen molar-refractivity contribution in [2.45, 2.75) is 6.10 Å². The van der Waals surface area contributed by atoms with Gasteiger partial charge < -0.3 is 15.5 Å². The molecule has 0 aromatic heterocycles. The van der Waals surface area contributed by atoms with Crippen LogP contribution in [0.15, 0.2) is 48.5 Å². The summed E-state index contributed by atoms with van der Waals surface area (Å²) in [6.07, 6.45) is -0.256. The second kappa shape index (κ2) is 8.63. The minimum atomic E-state index is -1.01. The predicted molar refractivity (Wildman–Crippen MR) is 90.2 cm³/mol. The number of aldehydes is 1. The van der Waals surface area contributed by atoms with Gasteiger partial charge in [0, 0.05) is 23.6 Å². The van der Waals surface area contributed by atoms with Gasteiger partial charge in [-0.2, -0.15) is 0 Å². The highest BCUT2D eigenvalue weighted by Gasteiger charge is 2.05. The van der Waals surface area contributed by atoms with E-state index >= 15 is 0 Å². The molecule has 0 aliphatic rings. The van der Waals surface area contributed by atoms with Crippen LogP contribution in [0.4, 0.5) is 0 Å². The Labute approximate surface area is 140 Å². The van der Waals surface area contributed by atoms with Crippen LogP contribution in [0.1, 0.15) is 15.9 Å². The standard InChI is InChI=1S/C19H17NO4/c21-12-16-10-14(7-9-19(24)20-11-17(23)13-22)6-8-18(16)15-4-2-1-3-5-15/h1-6,8,10,12,17,22-23H,11,13H2,(H,20,24)/t17-/m0/s1. The van der Waals surface area contributed by atoms with Crippen molar-refractivity contribution in [3.8, 4) is 23.0 Å². The Morgan fingerprint density at radius 2 is 1.96 bits per heavy atom. The summed E-state index contributed by atoms with van der Waals surface area (Å²) in [6, 6.07) is 14.6. The van der Waals surface area contributed by atoms with E-state index in [2.05, 4.69) is 17.2 Å². The molecule has 0 bridgehead atoms. The zero-order valence-corrected chi connectivity index (χ0v) is 12.9. The first kappa shape index (κ1) is 17.4. The van der Waals surface area contributed by atoms with Gasteiger partial charge in [-0.05, 0) is 23.3 Å². The lowest BCUT2D eigenvalue weighted by molar-refractivity contribution is -0.116. The van der Waals surface area contributed by atoms with Crippen LogP contribution >= 0.6 is 0 Å². The average Bonchev–Trinajstić information content (AvgIpc) is 2.64. The summed E-state index contributed by atoms with van der Waals surface area (Å²) in [5, 5.41) is 20.2. The maximum absolute atomic E-state index is 11.5. The Morgan fingerprint density at radius 3 is 2.62 bits per heavy atom. The van der Waals surface area contributed by atoms with Gasteiger partial charge >= 0.3 is 0 Å². The topological polar surface area (TPSA) is 86.6 Å². The lowest BCUT2D eigenvalue weighted by Gasteiger charge is -2.06. The molecule has 1 atom stereocenters. The van der Waals surface area contributed by atoms with Crippen molar-refractivity contribution in [3.63, 3.8) is 0 Å². The van der Waals surface area contributed by atoms with Crippen molar-refractivity contribution >= 4 is 12.2 Å². The first-order valence-electron chi connectivity index (χ1n) is 7.37. The summed E-state index contributed by atoms with van der Waals surface area (Å²) >= 11 is 0. The summed E-state index contributed by atoms with van der Waals surface area (Å²) in [5.41, 5.74) is 2.75. The smallest absolute Gasteiger partial charge is 0.296 e. The molecule has 0 spiro atoms. The molecule has 2 aromatic rings. The fraction of sp³-hybridized carbons (Fsp3) is 0.158. The summed E-state index contributed by atoms with van der Waals surface area (Å²) < 4.78 is 0. The van der Waals surface area contributed by atoms with Gasteiger partial charge in [-0.15, -0.1) is 0 Å². The Kier molecular flexibility index (Phi) is 6.26. The number of aliphatic hydroxyl groups excluding tert-OH is 2. The fourth-order valence-electron chi connectivity index (χ4n) is 2.07. The first-order chi connectivity index (χ1) is 11.6. The molecule has 2 aromatic carbocycles. The Hall–Kier alpha value is -2.94. The molecule has 0 saturated heterocycles. The van der Waals surface area contributed by atoms with Gasteiger partial charge in [0.2, 0.25) is 0 Å². The van der Waals surface area contributed by atoms with Crippen LogP contribution in [0.2, 0.25) is 0 Å². The maximum atomic E-state index is 11.5. The number of amides is 1. The molecule has 0 heterocycles. The number of hydrogen-bond acceptors (Lipinski definition) is 4. The average molecular weight is 323 g/mol. The third-order valence-electron chi connectivity index (χ3n) is 3.29. The van der Waals surface area contributed by atoms with Gasteiger partial charge in [-0.1, -0.05) is 42.3 Å². The van der Waals surface area contributed by atoms with Gasteiger partial charge in [0.15, 0.2) is 6.29 Å². The zero-order valence-electron chi connectivity index (χ0n) is 12.9. The van der Waals surface area contributed by atoms with E-state index in [1.807, 2.05) is 30.3 Å². The van der Waals surface area contributed by atoms with Crippen molar-refractivity contribution in [1.29, 1.82) is 0 Å². The highest BCUT2D eigenvalue weighted by Crippen LogP contribution is 2.23. The second-order valence-electron chi connectivity index (χ2n) is 5.08. The number of carbonyl (C=O) groups is 2. The molecule has 0 aliphatic carbocycles. The van der Waals surface area contributed by atoms with E-state index in [4.69, 9.17) is 10.2 Å². The highest BCUT2D eigenvalue weighted by atomic mass is 16.3. The Bertz CT molecular complexity index is 775. The number of carbonyl (C=O) groups excluding carboxylic acids is 2. The van der Waals surface area contributed by atoms with Crippen LogP contribution in [0, 0.1) is 11.8 Å². The van der Waals surface area contributed by atoms with E-state index in [0.29, 0.717) is 11.1 Å². The maximum Gasteiger partial charge on any atom is 0.296 e. The minimum absolute atomic E-state index is 0.0729. The molecule has 5 heteroatoms. The van der Waals surface area contributed by atoms with Gasteiger partial charge in [0.25, 0.3) is 5.91 Å². The van der Waals surface area contributed by atoms with Crippen molar-refractivity contribution in [1.82, 2.24) is 5.32 Å². The number of benzene rings is 2. The molecule has 0 unspecified atom stereocenters. The van der Waals surface area contributed by atoms with Gasteiger partial charge in [-0.25, -0.2) is 0 Å². The van der Waals surface area contributed by atoms with E-state index in [0.717, 1.165) is 17.4 Å². The van der Waals surface area contributed by atoms with Crippen LogP contribution in [-0.2, 0) is 4.79 Å². The molecule has 0 aliphatic heterocycles. The van der Waals surface area contributed by atoms with Crippen molar-refractivity contribution < 1.29 is 19.8 Å². The number of nitrogens with one attached hydrogen (secondary N) is 1. The summed E-state index contributed by atoms with van der Waals surface area (Å²) in [4.78, 5) is 22.9. The summed E-state index contributed by atoms with van der Waals surface area (Å²) in [5.74, 6) is 4.49. The van der Waals surface area contributed by atoms with E-state index < -0.39 is 18.6 Å². The summed E-state index contributed by atoms with van der Waals surface area (Å²) in [6.45, 7) is -0.506. The number of hydrogen-bond donors (Lipinski definition) is 3. The Morgan fingerprint density at radius 1 is 1.21 bits per heavy atom. The lowest BCUT2D eigenvalue weighted by atomic mass is 9.98. The lowest BCUT2D eigenvalue weighted by Crippen LogP contribution is -2.33. The largest absolute Gasteiger partial charge is 0.394 e. The number of aliphatic hydroxyl groups is 2. The molecule has 0 saturated carbocycles. The Balaban J connectivity index is 2.15. The molecular weight excluding hydrogens is 306 g/mol. The molecular formula is C19H17NO4. The number of rotatable bonds is 5. The van der Waals surface area contributed by atoms with Gasteiger partial charge in [-0.3, -0.25) is 9.59 Å². The minimum Gasteiger partial charge on any atom is -0.394 e. The third-order valence-corrected chi connectivity index (χ3v) is 3.29. The molecule has 24 heavy (non-hydrogen) atoms. The van der Waals surface area contributed by atoms with Crippen LogP contribution in [0.3, 0.4) is 0 Å².